The van der Waals surface area contributed by atoms with Crippen LogP contribution in [-0.4, -0.2) is 32.4 Å². The molecular formula is C19H22FN7. The molecule has 4 heterocycles. The van der Waals surface area contributed by atoms with Gasteiger partial charge in [0.25, 0.3) is 0 Å². The first-order valence-electron chi connectivity index (χ1n) is 9.31. The second kappa shape index (κ2) is 6.88. The van der Waals surface area contributed by atoms with E-state index in [2.05, 4.69) is 36.5 Å². The first kappa shape index (κ1) is 16.6. The molecular weight excluding hydrogens is 345 g/mol. The van der Waals surface area contributed by atoms with E-state index in [1.807, 2.05) is 24.5 Å². The maximum absolute atomic E-state index is 13.3. The minimum atomic E-state index is -0.212. The van der Waals surface area contributed by atoms with Crippen LogP contribution in [0.25, 0.3) is 11.5 Å². The second-order valence-corrected chi connectivity index (χ2v) is 7.14. The number of nitrogens with one attached hydrogen (secondary N) is 3. The molecule has 2 aliphatic heterocycles. The second-order valence-electron chi connectivity index (χ2n) is 7.14. The smallest absolute Gasteiger partial charge is 0.160 e. The minimum Gasteiger partial charge on any atom is -0.329 e. The van der Waals surface area contributed by atoms with Crippen molar-refractivity contribution in [2.45, 2.75) is 25.7 Å². The molecule has 1 fully saturated rings. The van der Waals surface area contributed by atoms with E-state index in [9.17, 15) is 4.39 Å². The number of hydrogen-bond acceptors (Lipinski definition) is 5. The maximum Gasteiger partial charge on any atom is 0.160 e. The Morgan fingerprint density at radius 2 is 2.11 bits per heavy atom. The highest BCUT2D eigenvalue weighted by Crippen LogP contribution is 2.28. The van der Waals surface area contributed by atoms with Gasteiger partial charge in [0, 0.05) is 44.5 Å². The van der Waals surface area contributed by atoms with Gasteiger partial charge in [-0.25, -0.2) is 14.8 Å². The molecule has 1 aromatic carbocycles. The van der Waals surface area contributed by atoms with Crippen LogP contribution in [0.2, 0.25) is 0 Å². The van der Waals surface area contributed by atoms with E-state index in [0.717, 1.165) is 49.8 Å². The Hall–Kier alpha value is -2.55. The van der Waals surface area contributed by atoms with Crippen molar-refractivity contribution in [3.05, 3.63) is 59.8 Å². The summed E-state index contributed by atoms with van der Waals surface area (Å²) < 4.78 is 17.5. The third kappa shape index (κ3) is 3.16. The number of halogens is 1. The van der Waals surface area contributed by atoms with Crippen LogP contribution in [0.15, 0.2) is 42.7 Å². The van der Waals surface area contributed by atoms with E-state index >= 15 is 0 Å². The third-order valence-electron chi connectivity index (χ3n) is 5.37. The van der Waals surface area contributed by atoms with E-state index in [-0.39, 0.29) is 11.9 Å². The SMILES string of the molecule is Fc1ccc(C2NNCC2Cn2ccnc2-c2cc3n(n2)CCNC3)cc1. The molecule has 3 N–H and O–H groups in total. The fourth-order valence-electron chi connectivity index (χ4n) is 3.98. The lowest BCUT2D eigenvalue weighted by molar-refractivity contribution is 0.415. The van der Waals surface area contributed by atoms with Crippen LogP contribution in [0.5, 0.6) is 0 Å². The standard InChI is InChI=1S/C19H22FN7/c20-15-3-1-13(2-4-15)18-14(10-23-24-18)12-26-7-6-22-19(26)17-9-16-11-21-5-8-27(16)25-17/h1-4,6-7,9,14,18,21,23-24H,5,8,10-12H2. The van der Waals surface area contributed by atoms with Crippen LogP contribution in [0.3, 0.4) is 0 Å². The maximum atomic E-state index is 13.3. The topological polar surface area (TPSA) is 71.7 Å². The van der Waals surface area contributed by atoms with Gasteiger partial charge in [0.05, 0.1) is 18.3 Å². The number of rotatable bonds is 4. The first-order valence-corrected chi connectivity index (χ1v) is 9.31. The van der Waals surface area contributed by atoms with Crippen molar-refractivity contribution in [1.82, 2.24) is 35.5 Å². The molecule has 0 amide bonds. The fraction of sp³-hybridized carbons (Fsp3) is 0.368. The van der Waals surface area contributed by atoms with Gasteiger partial charge in [-0.2, -0.15) is 5.10 Å². The zero-order chi connectivity index (χ0) is 18.2. The minimum absolute atomic E-state index is 0.125. The number of aromatic nitrogens is 4. The predicted octanol–water partition coefficient (Wildman–Crippen LogP) is 1.45. The highest BCUT2D eigenvalue weighted by molar-refractivity contribution is 5.50. The van der Waals surface area contributed by atoms with Gasteiger partial charge in [-0.15, -0.1) is 0 Å². The van der Waals surface area contributed by atoms with Gasteiger partial charge in [0.2, 0.25) is 0 Å². The lowest BCUT2D eigenvalue weighted by atomic mass is 9.95. The Morgan fingerprint density at radius 3 is 2.96 bits per heavy atom. The summed E-state index contributed by atoms with van der Waals surface area (Å²) in [6.45, 7) is 4.32. The predicted molar refractivity (Wildman–Crippen MR) is 98.9 cm³/mol. The highest BCUT2D eigenvalue weighted by atomic mass is 19.1. The van der Waals surface area contributed by atoms with Crippen molar-refractivity contribution in [2.75, 3.05) is 13.1 Å². The molecule has 0 spiro atoms. The monoisotopic (exact) mass is 367 g/mol. The zero-order valence-electron chi connectivity index (χ0n) is 14.9. The molecule has 2 aromatic heterocycles. The molecule has 2 unspecified atom stereocenters. The molecule has 1 saturated heterocycles. The van der Waals surface area contributed by atoms with Crippen molar-refractivity contribution in [2.24, 2.45) is 5.92 Å². The van der Waals surface area contributed by atoms with Crippen molar-refractivity contribution in [3.63, 3.8) is 0 Å². The number of nitrogens with zero attached hydrogens (tertiary/aromatic N) is 4. The van der Waals surface area contributed by atoms with Crippen molar-refractivity contribution < 1.29 is 4.39 Å². The van der Waals surface area contributed by atoms with E-state index in [4.69, 9.17) is 5.10 Å². The van der Waals surface area contributed by atoms with Crippen LogP contribution in [0, 0.1) is 11.7 Å². The van der Waals surface area contributed by atoms with Crippen molar-refractivity contribution >= 4 is 0 Å². The Labute approximate surface area is 156 Å². The molecule has 3 aromatic rings. The van der Waals surface area contributed by atoms with Crippen LogP contribution in [-0.2, 0) is 19.6 Å². The molecule has 7 nitrogen and oxygen atoms in total. The van der Waals surface area contributed by atoms with Crippen LogP contribution in [0.1, 0.15) is 17.3 Å². The van der Waals surface area contributed by atoms with Gasteiger partial charge >= 0.3 is 0 Å². The van der Waals surface area contributed by atoms with E-state index in [0.29, 0.717) is 5.92 Å². The van der Waals surface area contributed by atoms with E-state index in [1.54, 1.807) is 0 Å². The Morgan fingerprint density at radius 1 is 1.22 bits per heavy atom. The van der Waals surface area contributed by atoms with Crippen molar-refractivity contribution in [3.8, 4) is 11.5 Å². The quantitative estimate of drug-likeness (QED) is 0.651. The van der Waals surface area contributed by atoms with Crippen LogP contribution >= 0.6 is 0 Å². The summed E-state index contributed by atoms with van der Waals surface area (Å²) in [6, 6.07) is 8.96. The molecule has 0 bridgehead atoms. The summed E-state index contributed by atoms with van der Waals surface area (Å²) in [4.78, 5) is 4.56. The lowest BCUT2D eigenvalue weighted by Gasteiger charge is -2.20. The summed E-state index contributed by atoms with van der Waals surface area (Å²) in [6.07, 6.45) is 3.83. The van der Waals surface area contributed by atoms with Gasteiger partial charge in [-0.3, -0.25) is 10.1 Å². The van der Waals surface area contributed by atoms with Gasteiger partial charge in [-0.1, -0.05) is 12.1 Å². The van der Waals surface area contributed by atoms with E-state index in [1.165, 1.54) is 17.8 Å². The number of imidazole rings is 1. The number of fused-ring (bicyclic) bond motifs is 1. The summed E-state index contributed by atoms with van der Waals surface area (Å²) in [7, 11) is 0. The Bertz CT molecular complexity index is 906. The summed E-state index contributed by atoms with van der Waals surface area (Å²) in [5.41, 5.74) is 9.75. The Kier molecular flexibility index (Phi) is 4.23. The average molecular weight is 367 g/mol. The lowest BCUT2D eigenvalue weighted by Crippen LogP contribution is -2.28. The molecule has 140 valence electrons. The van der Waals surface area contributed by atoms with Gasteiger partial charge < -0.3 is 9.88 Å². The number of benzene rings is 1. The molecule has 0 radical (unpaired) electrons. The van der Waals surface area contributed by atoms with Crippen molar-refractivity contribution in [1.29, 1.82) is 0 Å². The molecule has 2 aliphatic rings. The normalized spacial score (nSPS) is 22.1. The van der Waals surface area contributed by atoms with Gasteiger partial charge in [0.15, 0.2) is 5.82 Å². The molecule has 0 saturated carbocycles. The largest absolute Gasteiger partial charge is 0.329 e. The molecule has 5 rings (SSSR count). The average Bonchev–Trinajstić information content (AvgIpc) is 3.41. The molecule has 27 heavy (non-hydrogen) atoms. The van der Waals surface area contributed by atoms with Crippen LogP contribution < -0.4 is 16.2 Å². The summed E-state index contributed by atoms with van der Waals surface area (Å²) in [5.74, 6) is 1.00. The van der Waals surface area contributed by atoms with Gasteiger partial charge in [0.1, 0.15) is 11.5 Å². The summed E-state index contributed by atoms with van der Waals surface area (Å²) >= 11 is 0. The van der Waals surface area contributed by atoms with E-state index < -0.39 is 0 Å². The van der Waals surface area contributed by atoms with Gasteiger partial charge in [-0.05, 0) is 23.8 Å². The number of hydrazine groups is 1. The third-order valence-corrected chi connectivity index (χ3v) is 5.37. The highest BCUT2D eigenvalue weighted by Gasteiger charge is 2.29. The first-order chi connectivity index (χ1) is 13.3. The van der Waals surface area contributed by atoms with Crippen LogP contribution in [0.4, 0.5) is 4.39 Å². The molecule has 0 aliphatic carbocycles. The fourth-order valence-corrected chi connectivity index (χ4v) is 3.98. The Balaban J connectivity index is 1.39. The molecule has 2 atom stereocenters. The number of hydrogen-bond donors (Lipinski definition) is 3. The zero-order valence-corrected chi connectivity index (χ0v) is 14.9. The molecule has 8 heteroatoms. The summed E-state index contributed by atoms with van der Waals surface area (Å²) in [5, 5.41) is 8.11.